The highest BCUT2D eigenvalue weighted by Crippen LogP contribution is 2.10. The molecule has 1 aromatic heterocycles. The third kappa shape index (κ3) is 5.91. The van der Waals surface area contributed by atoms with E-state index in [-0.39, 0.29) is 0 Å². The minimum absolute atomic E-state index is 0.355. The van der Waals surface area contributed by atoms with Crippen LogP contribution in [0.25, 0.3) is 0 Å². The molecule has 1 rings (SSSR count). The Morgan fingerprint density at radius 3 is 2.94 bits per heavy atom. The first-order valence-electron chi connectivity index (χ1n) is 5.64. The summed E-state index contributed by atoms with van der Waals surface area (Å²) in [5.41, 5.74) is 6.14. The summed E-state index contributed by atoms with van der Waals surface area (Å²) in [6, 6.07) is 1.88. The number of rotatable bonds is 5. The number of ether oxygens (including phenoxy) is 1. The van der Waals surface area contributed by atoms with Crippen molar-refractivity contribution in [3.05, 3.63) is 24.0 Å². The zero-order valence-electron chi connectivity index (χ0n) is 10.4. The van der Waals surface area contributed by atoms with Gasteiger partial charge in [0.1, 0.15) is 5.75 Å². The minimum atomic E-state index is 0.355. The lowest BCUT2D eigenvalue weighted by Gasteiger charge is -2.10. The monoisotopic (exact) mass is 233 g/mol. The molecule has 0 radical (unpaired) electrons. The summed E-state index contributed by atoms with van der Waals surface area (Å²) in [5, 5.41) is 0. The Morgan fingerprint density at radius 1 is 1.41 bits per heavy atom. The largest absolute Gasteiger partial charge is 0.492 e. The summed E-state index contributed by atoms with van der Waals surface area (Å²) in [6.07, 6.45) is 4.39. The van der Waals surface area contributed by atoms with Crippen LogP contribution in [-0.2, 0) is 0 Å². The summed E-state index contributed by atoms with van der Waals surface area (Å²) in [4.78, 5) is 6.20. The summed E-state index contributed by atoms with van der Waals surface area (Å²) >= 11 is 0. The first-order chi connectivity index (χ1) is 8.22. The molecule has 1 aromatic rings. The van der Waals surface area contributed by atoms with E-state index in [1.54, 1.807) is 12.4 Å². The molecule has 0 amide bonds. The fourth-order valence-corrected chi connectivity index (χ4v) is 1.29. The van der Waals surface area contributed by atoms with Gasteiger partial charge < -0.3 is 15.4 Å². The van der Waals surface area contributed by atoms with Gasteiger partial charge in [-0.2, -0.15) is 0 Å². The Morgan fingerprint density at radius 2 is 2.24 bits per heavy atom. The maximum Gasteiger partial charge on any atom is 0.138 e. The van der Waals surface area contributed by atoms with Gasteiger partial charge in [-0.3, -0.25) is 4.98 Å². The van der Waals surface area contributed by atoms with Crippen molar-refractivity contribution in [1.29, 1.82) is 0 Å². The maximum absolute atomic E-state index is 5.59. The quantitative estimate of drug-likeness (QED) is 0.601. The first kappa shape index (κ1) is 13.5. The van der Waals surface area contributed by atoms with Crippen LogP contribution < -0.4 is 10.5 Å². The van der Waals surface area contributed by atoms with Crippen molar-refractivity contribution in [2.75, 3.05) is 33.8 Å². The van der Waals surface area contributed by atoms with Crippen molar-refractivity contribution in [3.8, 4) is 17.6 Å². The van der Waals surface area contributed by atoms with E-state index in [4.69, 9.17) is 10.5 Å². The Hall–Kier alpha value is -1.57. The van der Waals surface area contributed by atoms with Gasteiger partial charge in [0.15, 0.2) is 0 Å². The first-order valence-corrected chi connectivity index (χ1v) is 5.64. The normalized spacial score (nSPS) is 9.88. The van der Waals surface area contributed by atoms with Crippen LogP contribution in [0.1, 0.15) is 12.0 Å². The van der Waals surface area contributed by atoms with Crippen molar-refractivity contribution in [2.24, 2.45) is 5.73 Å². The average molecular weight is 233 g/mol. The molecule has 4 heteroatoms. The molecule has 0 aliphatic rings. The van der Waals surface area contributed by atoms with Gasteiger partial charge in [-0.1, -0.05) is 11.8 Å². The fraction of sp³-hybridized carbons (Fsp3) is 0.462. The van der Waals surface area contributed by atoms with Crippen molar-refractivity contribution in [3.63, 3.8) is 0 Å². The number of nitrogens with zero attached hydrogens (tertiary/aromatic N) is 2. The summed E-state index contributed by atoms with van der Waals surface area (Å²) in [5.74, 6) is 6.47. The summed E-state index contributed by atoms with van der Waals surface area (Å²) in [6.45, 7) is 2.06. The van der Waals surface area contributed by atoms with Crippen LogP contribution in [0.5, 0.6) is 5.75 Å². The van der Waals surface area contributed by atoms with Gasteiger partial charge in [0.25, 0.3) is 0 Å². The van der Waals surface area contributed by atoms with Crippen molar-refractivity contribution >= 4 is 0 Å². The van der Waals surface area contributed by atoms with Crippen LogP contribution >= 0.6 is 0 Å². The lowest BCUT2D eigenvalue weighted by molar-refractivity contribution is 0.281. The topological polar surface area (TPSA) is 51.4 Å². The molecule has 0 aromatic carbocycles. The van der Waals surface area contributed by atoms with Gasteiger partial charge in [-0.05, 0) is 26.6 Å². The number of hydrogen-bond acceptors (Lipinski definition) is 4. The van der Waals surface area contributed by atoms with E-state index in [1.165, 1.54) is 0 Å². The van der Waals surface area contributed by atoms with Gasteiger partial charge in [-0.25, -0.2) is 0 Å². The lowest BCUT2D eigenvalue weighted by atomic mass is 10.3. The molecule has 2 N–H and O–H groups in total. The molecule has 0 saturated carbocycles. The third-order valence-electron chi connectivity index (χ3n) is 2.07. The standard InChI is InChI=1S/C13H19N3O/c1-16(2)7-4-8-17-13-9-12(5-3-6-14)10-15-11-13/h9-11H,4,6-8,14H2,1-2H3. The zero-order valence-corrected chi connectivity index (χ0v) is 10.4. The second kappa shape index (κ2) is 7.66. The molecule has 0 aliphatic carbocycles. The van der Waals surface area contributed by atoms with Gasteiger partial charge in [0.05, 0.1) is 19.3 Å². The Balaban J connectivity index is 2.43. The molecule has 0 saturated heterocycles. The van der Waals surface area contributed by atoms with Gasteiger partial charge in [0, 0.05) is 18.3 Å². The highest BCUT2D eigenvalue weighted by atomic mass is 16.5. The smallest absolute Gasteiger partial charge is 0.138 e. The highest BCUT2D eigenvalue weighted by molar-refractivity contribution is 5.36. The maximum atomic E-state index is 5.59. The molecule has 4 nitrogen and oxygen atoms in total. The van der Waals surface area contributed by atoms with Crippen molar-refractivity contribution in [1.82, 2.24) is 9.88 Å². The van der Waals surface area contributed by atoms with Crippen LogP contribution in [0, 0.1) is 11.8 Å². The molecule has 0 fully saturated rings. The second-order valence-electron chi connectivity index (χ2n) is 3.92. The van der Waals surface area contributed by atoms with E-state index in [1.807, 2.05) is 20.2 Å². The zero-order chi connectivity index (χ0) is 12.5. The molecular formula is C13H19N3O. The van der Waals surface area contributed by atoms with Gasteiger partial charge in [0.2, 0.25) is 0 Å². The van der Waals surface area contributed by atoms with Crippen LogP contribution in [-0.4, -0.2) is 43.7 Å². The van der Waals surface area contributed by atoms with Crippen LogP contribution in [0.15, 0.2) is 18.5 Å². The molecular weight excluding hydrogens is 214 g/mol. The number of hydrogen-bond donors (Lipinski definition) is 1. The molecule has 0 aliphatic heterocycles. The molecule has 92 valence electrons. The molecule has 0 bridgehead atoms. The van der Waals surface area contributed by atoms with Gasteiger partial charge in [-0.15, -0.1) is 0 Å². The Labute approximate surface area is 103 Å². The van der Waals surface area contributed by atoms with Crippen LogP contribution in [0.4, 0.5) is 0 Å². The predicted octanol–water partition coefficient (Wildman–Crippen LogP) is 0.722. The number of nitrogens with two attached hydrogens (primary N) is 1. The van der Waals surface area contributed by atoms with Crippen LogP contribution in [0.3, 0.4) is 0 Å². The van der Waals surface area contributed by atoms with E-state index >= 15 is 0 Å². The third-order valence-corrected chi connectivity index (χ3v) is 2.07. The molecule has 17 heavy (non-hydrogen) atoms. The highest BCUT2D eigenvalue weighted by Gasteiger charge is 1.96. The summed E-state index contributed by atoms with van der Waals surface area (Å²) in [7, 11) is 4.09. The van der Waals surface area contributed by atoms with Crippen LogP contribution in [0.2, 0.25) is 0 Å². The van der Waals surface area contributed by atoms with Gasteiger partial charge >= 0.3 is 0 Å². The molecule has 0 unspecified atom stereocenters. The minimum Gasteiger partial charge on any atom is -0.492 e. The number of aromatic nitrogens is 1. The average Bonchev–Trinajstić information content (AvgIpc) is 2.32. The molecule has 0 spiro atoms. The number of pyridine rings is 1. The summed E-state index contributed by atoms with van der Waals surface area (Å²) < 4.78 is 5.59. The lowest BCUT2D eigenvalue weighted by Crippen LogP contribution is -2.15. The fourth-order valence-electron chi connectivity index (χ4n) is 1.29. The van der Waals surface area contributed by atoms with E-state index < -0.39 is 0 Å². The Bertz CT molecular complexity index is 393. The van der Waals surface area contributed by atoms with Crippen molar-refractivity contribution < 1.29 is 4.74 Å². The molecule has 1 heterocycles. The molecule has 0 atom stereocenters. The van der Waals surface area contributed by atoms with E-state index in [0.717, 1.165) is 24.3 Å². The Kier molecular flexibility index (Phi) is 6.08. The predicted molar refractivity (Wildman–Crippen MR) is 68.8 cm³/mol. The van der Waals surface area contributed by atoms with E-state index in [0.29, 0.717) is 13.2 Å². The van der Waals surface area contributed by atoms with Crippen molar-refractivity contribution in [2.45, 2.75) is 6.42 Å². The SMILES string of the molecule is CN(C)CCCOc1cncc(C#CCN)c1. The van der Waals surface area contributed by atoms with E-state index in [2.05, 4.69) is 21.7 Å². The van der Waals surface area contributed by atoms with E-state index in [9.17, 15) is 0 Å². The second-order valence-corrected chi connectivity index (χ2v) is 3.92.